The van der Waals surface area contributed by atoms with Gasteiger partial charge in [-0.1, -0.05) is 13.8 Å². The number of hydrogen-bond acceptors (Lipinski definition) is 5. The van der Waals surface area contributed by atoms with Crippen molar-refractivity contribution in [3.05, 3.63) is 65.0 Å². The Kier molecular flexibility index (Phi) is 7.83. The summed E-state index contributed by atoms with van der Waals surface area (Å²) in [5, 5.41) is 11.3. The van der Waals surface area contributed by atoms with Crippen LogP contribution in [0.25, 0.3) is 5.76 Å². The van der Waals surface area contributed by atoms with Crippen molar-refractivity contribution in [1.82, 2.24) is 4.90 Å². The zero-order valence-corrected chi connectivity index (χ0v) is 20.7. The van der Waals surface area contributed by atoms with Gasteiger partial charge in [0.2, 0.25) is 0 Å². The number of benzene rings is 1. The molecule has 35 heavy (non-hydrogen) atoms. The number of nitrogens with zero attached hydrogens (tertiary/aromatic N) is 1. The van der Waals surface area contributed by atoms with Gasteiger partial charge in [0, 0.05) is 17.7 Å². The van der Waals surface area contributed by atoms with Gasteiger partial charge in [-0.15, -0.1) is 0 Å². The first-order valence-electron chi connectivity index (χ1n) is 12.3. The second kappa shape index (κ2) is 11.0. The van der Waals surface area contributed by atoms with Crippen molar-refractivity contribution in [3.8, 4) is 5.75 Å². The molecule has 0 radical (unpaired) electrons. The maximum Gasteiger partial charge on any atom is 0.295 e. The Morgan fingerprint density at radius 3 is 2.57 bits per heavy atom. The molecule has 2 aromatic rings. The van der Waals surface area contributed by atoms with Gasteiger partial charge in [0.15, 0.2) is 12.4 Å². The number of nitrogens with one attached hydrogen (secondary N) is 2. The maximum atomic E-state index is 13.2. The highest BCUT2D eigenvalue weighted by atomic mass is 16.5. The number of aliphatic hydroxyl groups is 1. The molecule has 3 N–H and O–H groups in total. The summed E-state index contributed by atoms with van der Waals surface area (Å²) in [7, 11) is 0. The van der Waals surface area contributed by atoms with Gasteiger partial charge in [0.05, 0.1) is 44.5 Å². The fraction of sp³-hybridized carbons (Fsp3) is 0.444. The highest BCUT2D eigenvalue weighted by Gasteiger charge is 2.46. The smallest absolute Gasteiger partial charge is 0.295 e. The molecule has 1 aromatic heterocycles. The molecule has 0 spiro atoms. The number of aromatic nitrogens is 1. The zero-order valence-electron chi connectivity index (χ0n) is 20.7. The molecule has 1 unspecified atom stereocenters. The van der Waals surface area contributed by atoms with E-state index in [-0.39, 0.29) is 11.3 Å². The third-order valence-electron chi connectivity index (χ3n) is 6.53. The van der Waals surface area contributed by atoms with Crippen LogP contribution >= 0.6 is 0 Å². The molecule has 2 aliphatic heterocycles. The summed E-state index contributed by atoms with van der Waals surface area (Å²) in [4.78, 5) is 32.3. The number of ketones is 1. The Labute approximate surface area is 206 Å². The lowest BCUT2D eigenvalue weighted by Crippen LogP contribution is -3.14. The van der Waals surface area contributed by atoms with E-state index in [0.717, 1.165) is 30.0 Å². The molecule has 2 fully saturated rings. The molecule has 186 valence electrons. The predicted octanol–water partition coefficient (Wildman–Crippen LogP) is 1.18. The number of carbonyl (C=O) groups excluding carboxylic acids is 2. The van der Waals surface area contributed by atoms with Crippen LogP contribution in [0.3, 0.4) is 0 Å². The van der Waals surface area contributed by atoms with Crippen molar-refractivity contribution in [2.45, 2.75) is 26.8 Å². The average molecular weight is 482 g/mol. The molecule has 0 bridgehead atoms. The Morgan fingerprint density at radius 2 is 1.91 bits per heavy atom. The predicted molar refractivity (Wildman–Crippen MR) is 130 cm³/mol. The van der Waals surface area contributed by atoms with Crippen LogP contribution in [-0.4, -0.2) is 67.7 Å². The van der Waals surface area contributed by atoms with E-state index in [1.807, 2.05) is 19.1 Å². The first kappa shape index (κ1) is 24.9. The molecular formula is C27H35N3O5+2. The minimum absolute atomic E-state index is 0.119. The Hall–Kier alpha value is -3.23. The van der Waals surface area contributed by atoms with Gasteiger partial charge < -0.3 is 24.4 Å². The number of quaternary nitrogens is 1. The molecule has 1 atom stereocenters. The van der Waals surface area contributed by atoms with E-state index < -0.39 is 17.7 Å². The normalized spacial score (nSPS) is 20.6. The topological polar surface area (TPSA) is 94.7 Å². The highest BCUT2D eigenvalue weighted by Crippen LogP contribution is 2.39. The Morgan fingerprint density at radius 1 is 1.20 bits per heavy atom. The standard InChI is InChI=1S/C27H33N3O5/c1-18(2)17-35-22-5-4-21(16-19(22)3)25(31)23-24(20-6-8-28-9-7-20)30(27(33)26(23)32)11-10-29-12-14-34-15-13-29/h4-9,16,18,24,31H,10-15,17H2,1-3H3/p+2. The van der Waals surface area contributed by atoms with Gasteiger partial charge in [0.25, 0.3) is 11.7 Å². The number of amides is 1. The number of ether oxygens (including phenoxy) is 2. The molecule has 1 aromatic carbocycles. The summed E-state index contributed by atoms with van der Waals surface area (Å²) in [5.74, 6) is -0.276. The third-order valence-corrected chi connectivity index (χ3v) is 6.53. The van der Waals surface area contributed by atoms with Crippen molar-refractivity contribution >= 4 is 17.4 Å². The average Bonchev–Trinajstić information content (AvgIpc) is 3.12. The van der Waals surface area contributed by atoms with Crippen LogP contribution in [0.2, 0.25) is 0 Å². The number of aliphatic hydroxyl groups excluding tert-OH is 1. The van der Waals surface area contributed by atoms with E-state index in [1.54, 1.807) is 35.5 Å². The fourth-order valence-electron chi connectivity index (χ4n) is 4.60. The van der Waals surface area contributed by atoms with Gasteiger partial charge in [-0.05, 0) is 42.2 Å². The molecule has 8 heteroatoms. The molecule has 8 nitrogen and oxygen atoms in total. The molecule has 0 aliphatic carbocycles. The number of Topliss-reactive ketones (excluding diaryl/α,β-unsaturated/α-hetero) is 1. The number of morpholine rings is 1. The number of aromatic amines is 1. The molecular weight excluding hydrogens is 446 g/mol. The van der Waals surface area contributed by atoms with E-state index in [1.165, 1.54) is 4.90 Å². The zero-order chi connectivity index (χ0) is 24.9. The van der Waals surface area contributed by atoms with Crippen LogP contribution in [0.1, 0.15) is 36.6 Å². The number of rotatable bonds is 8. The van der Waals surface area contributed by atoms with E-state index in [9.17, 15) is 14.7 Å². The van der Waals surface area contributed by atoms with Crippen LogP contribution in [0.4, 0.5) is 0 Å². The van der Waals surface area contributed by atoms with Gasteiger partial charge in [-0.2, -0.15) is 0 Å². The number of likely N-dealkylation sites (tertiary alicyclic amines) is 1. The fourth-order valence-corrected chi connectivity index (χ4v) is 4.60. The number of aryl methyl sites for hydroxylation is 1. The molecule has 4 rings (SSSR count). The van der Waals surface area contributed by atoms with E-state index in [4.69, 9.17) is 9.47 Å². The van der Waals surface area contributed by atoms with Crippen molar-refractivity contribution < 1.29 is 34.1 Å². The lowest BCUT2D eigenvalue weighted by molar-refractivity contribution is -0.907. The van der Waals surface area contributed by atoms with E-state index in [0.29, 0.717) is 44.4 Å². The van der Waals surface area contributed by atoms with Gasteiger partial charge in [-0.3, -0.25) is 9.59 Å². The number of pyridine rings is 1. The first-order valence-corrected chi connectivity index (χ1v) is 12.3. The van der Waals surface area contributed by atoms with Gasteiger partial charge in [-0.25, -0.2) is 4.98 Å². The molecule has 3 heterocycles. The van der Waals surface area contributed by atoms with Gasteiger partial charge in [0.1, 0.15) is 24.6 Å². The van der Waals surface area contributed by atoms with Crippen molar-refractivity contribution in [1.29, 1.82) is 0 Å². The van der Waals surface area contributed by atoms with Crippen LogP contribution in [-0.2, 0) is 14.3 Å². The quantitative estimate of drug-likeness (QED) is 0.336. The Bertz CT molecular complexity index is 1090. The van der Waals surface area contributed by atoms with Crippen LogP contribution in [0.15, 0.2) is 48.3 Å². The number of H-pyrrole nitrogens is 1. The van der Waals surface area contributed by atoms with Crippen molar-refractivity contribution in [2.24, 2.45) is 5.92 Å². The molecule has 2 aliphatic rings. The lowest BCUT2D eigenvalue weighted by Gasteiger charge is -2.28. The van der Waals surface area contributed by atoms with Gasteiger partial charge >= 0.3 is 0 Å². The van der Waals surface area contributed by atoms with Crippen molar-refractivity contribution in [2.75, 3.05) is 46.0 Å². The second-order valence-electron chi connectivity index (χ2n) is 9.62. The number of hydrogen-bond donors (Lipinski definition) is 2. The van der Waals surface area contributed by atoms with Crippen molar-refractivity contribution in [3.63, 3.8) is 0 Å². The summed E-state index contributed by atoms with van der Waals surface area (Å²) >= 11 is 0. The maximum absolute atomic E-state index is 13.2. The third kappa shape index (κ3) is 5.55. The number of carbonyl (C=O) groups is 2. The molecule has 2 saturated heterocycles. The van der Waals surface area contributed by atoms with Crippen LogP contribution in [0.5, 0.6) is 5.75 Å². The second-order valence-corrected chi connectivity index (χ2v) is 9.62. The SMILES string of the molecule is Cc1cc(C(O)=C2C(=O)C(=O)N(CC[NH+]3CCOCC3)C2c2cc[nH+]cc2)ccc1OCC(C)C. The highest BCUT2D eigenvalue weighted by molar-refractivity contribution is 6.46. The first-order chi connectivity index (χ1) is 16.9. The van der Waals surface area contributed by atoms with Crippen LogP contribution in [0, 0.1) is 12.8 Å². The van der Waals surface area contributed by atoms with Crippen LogP contribution < -0.4 is 14.6 Å². The lowest BCUT2D eigenvalue weighted by atomic mass is 9.95. The summed E-state index contributed by atoms with van der Waals surface area (Å²) in [5.41, 5.74) is 2.23. The summed E-state index contributed by atoms with van der Waals surface area (Å²) in [6, 6.07) is 8.36. The van der Waals surface area contributed by atoms with E-state index in [2.05, 4.69) is 18.8 Å². The largest absolute Gasteiger partial charge is 0.507 e. The Balaban J connectivity index is 1.67. The minimum atomic E-state index is -0.657. The monoisotopic (exact) mass is 481 g/mol. The summed E-state index contributed by atoms with van der Waals surface area (Å²) < 4.78 is 11.3. The van der Waals surface area contributed by atoms with E-state index >= 15 is 0 Å². The summed E-state index contributed by atoms with van der Waals surface area (Å²) in [6.07, 6.45) is 3.52. The molecule has 1 amide bonds. The summed E-state index contributed by atoms with van der Waals surface area (Å²) in [6.45, 7) is 10.9. The molecule has 0 saturated carbocycles. The minimum Gasteiger partial charge on any atom is -0.507 e.